The molecular formula is C13H20N4O2S. The van der Waals surface area contributed by atoms with Gasteiger partial charge in [-0.1, -0.05) is 0 Å². The Morgan fingerprint density at radius 3 is 2.05 bits per heavy atom. The number of hydrogen-bond donors (Lipinski definition) is 1. The van der Waals surface area contributed by atoms with Crippen LogP contribution < -0.4 is 5.32 Å². The van der Waals surface area contributed by atoms with E-state index < -0.39 is 10.0 Å². The molecule has 0 aliphatic heterocycles. The quantitative estimate of drug-likeness (QED) is 0.821. The molecule has 0 amide bonds. The molecule has 20 heavy (non-hydrogen) atoms. The van der Waals surface area contributed by atoms with Gasteiger partial charge in [-0.05, 0) is 37.5 Å². The molecule has 0 aromatic carbocycles. The first-order valence-corrected chi connectivity index (χ1v) is 8.53. The lowest BCUT2D eigenvalue weighted by Gasteiger charge is -2.21. The minimum absolute atomic E-state index is 0.192. The lowest BCUT2D eigenvalue weighted by molar-refractivity contribution is 0.382. The first-order chi connectivity index (χ1) is 9.59. The van der Waals surface area contributed by atoms with E-state index in [9.17, 15) is 8.42 Å². The maximum atomic E-state index is 12.7. The highest BCUT2D eigenvalue weighted by Crippen LogP contribution is 2.35. The molecule has 0 bridgehead atoms. The van der Waals surface area contributed by atoms with Crippen LogP contribution in [0.15, 0.2) is 17.3 Å². The Morgan fingerprint density at radius 2 is 1.65 bits per heavy atom. The van der Waals surface area contributed by atoms with Gasteiger partial charge in [0.15, 0.2) is 0 Å². The topological polar surface area (TPSA) is 75.2 Å². The Labute approximate surface area is 119 Å². The average Bonchev–Trinajstić information content (AvgIpc) is 3.33. The van der Waals surface area contributed by atoms with Gasteiger partial charge in [0.2, 0.25) is 16.0 Å². The Bertz CT molecular complexity index is 551. The minimum Gasteiger partial charge on any atom is -0.357 e. The van der Waals surface area contributed by atoms with Crippen LogP contribution in [0.1, 0.15) is 25.7 Å². The molecule has 0 radical (unpaired) electrons. The van der Waals surface area contributed by atoms with Crippen molar-refractivity contribution in [2.24, 2.45) is 11.8 Å². The molecule has 7 heteroatoms. The summed E-state index contributed by atoms with van der Waals surface area (Å²) in [6.45, 7) is 1.29. The molecule has 110 valence electrons. The number of hydrogen-bond acceptors (Lipinski definition) is 5. The molecule has 1 aromatic rings. The van der Waals surface area contributed by atoms with Crippen LogP contribution in [0.5, 0.6) is 0 Å². The zero-order chi connectivity index (χ0) is 14.2. The second-order valence-corrected chi connectivity index (χ2v) is 7.64. The fourth-order valence-electron chi connectivity index (χ4n) is 2.18. The van der Waals surface area contributed by atoms with E-state index in [4.69, 9.17) is 0 Å². The Hall–Kier alpha value is -1.21. The standard InChI is InChI=1S/C13H20N4O2S/c1-14-13-15-6-12(7-16-13)20(18,19)17(8-10-2-3-10)9-11-4-5-11/h6-7,10-11H,2-5,8-9H2,1H3,(H,14,15,16). The van der Waals surface area contributed by atoms with Crippen molar-refractivity contribution in [1.82, 2.24) is 14.3 Å². The first-order valence-electron chi connectivity index (χ1n) is 7.09. The zero-order valence-corrected chi connectivity index (χ0v) is 12.4. The highest BCUT2D eigenvalue weighted by atomic mass is 32.2. The fraction of sp³-hybridized carbons (Fsp3) is 0.692. The predicted octanol–water partition coefficient (Wildman–Crippen LogP) is 1.33. The van der Waals surface area contributed by atoms with Crippen LogP contribution in [0.4, 0.5) is 5.95 Å². The number of nitrogens with one attached hydrogen (secondary N) is 1. The molecular weight excluding hydrogens is 276 g/mol. The molecule has 0 spiro atoms. The van der Waals surface area contributed by atoms with E-state index in [0.717, 1.165) is 25.7 Å². The number of nitrogens with zero attached hydrogens (tertiary/aromatic N) is 3. The SMILES string of the molecule is CNc1ncc(S(=O)(=O)N(CC2CC2)CC2CC2)cn1. The summed E-state index contributed by atoms with van der Waals surface area (Å²) < 4.78 is 27.0. The van der Waals surface area contributed by atoms with E-state index in [1.54, 1.807) is 11.4 Å². The summed E-state index contributed by atoms with van der Waals surface area (Å²) in [5.74, 6) is 1.52. The van der Waals surface area contributed by atoms with Gasteiger partial charge in [0, 0.05) is 20.1 Å². The van der Waals surface area contributed by atoms with Crippen molar-refractivity contribution in [2.75, 3.05) is 25.5 Å². The van der Waals surface area contributed by atoms with E-state index in [-0.39, 0.29) is 4.90 Å². The predicted molar refractivity (Wildman–Crippen MR) is 75.8 cm³/mol. The smallest absolute Gasteiger partial charge is 0.246 e. The molecule has 0 unspecified atom stereocenters. The Kier molecular flexibility index (Phi) is 3.64. The van der Waals surface area contributed by atoms with Crippen molar-refractivity contribution in [3.05, 3.63) is 12.4 Å². The molecule has 0 atom stereocenters. The largest absolute Gasteiger partial charge is 0.357 e. The average molecular weight is 296 g/mol. The van der Waals surface area contributed by atoms with Gasteiger partial charge in [0.25, 0.3) is 0 Å². The van der Waals surface area contributed by atoms with Crippen LogP contribution in [0.2, 0.25) is 0 Å². The lowest BCUT2D eigenvalue weighted by Crippen LogP contribution is -2.35. The molecule has 2 aliphatic rings. The number of rotatable bonds is 7. The van der Waals surface area contributed by atoms with Crippen LogP contribution in [-0.4, -0.2) is 42.8 Å². The Balaban J connectivity index is 1.81. The van der Waals surface area contributed by atoms with Gasteiger partial charge in [-0.2, -0.15) is 4.31 Å². The van der Waals surface area contributed by atoms with Gasteiger partial charge >= 0.3 is 0 Å². The van der Waals surface area contributed by atoms with Gasteiger partial charge in [-0.25, -0.2) is 18.4 Å². The molecule has 1 heterocycles. The van der Waals surface area contributed by atoms with Crippen molar-refractivity contribution in [2.45, 2.75) is 30.6 Å². The summed E-state index contributed by atoms with van der Waals surface area (Å²) in [5, 5.41) is 2.79. The third-order valence-corrected chi connectivity index (χ3v) is 5.59. The second kappa shape index (κ2) is 5.29. The molecule has 6 nitrogen and oxygen atoms in total. The van der Waals surface area contributed by atoms with Gasteiger partial charge in [-0.3, -0.25) is 0 Å². The van der Waals surface area contributed by atoms with Gasteiger partial charge in [0.05, 0.1) is 12.4 Å². The monoisotopic (exact) mass is 296 g/mol. The molecule has 2 fully saturated rings. The van der Waals surface area contributed by atoms with E-state index in [1.165, 1.54) is 12.4 Å². The molecule has 1 aromatic heterocycles. The van der Waals surface area contributed by atoms with Crippen molar-refractivity contribution in [3.8, 4) is 0 Å². The summed E-state index contributed by atoms with van der Waals surface area (Å²) in [7, 11) is -1.75. The van der Waals surface area contributed by atoms with Crippen LogP contribution >= 0.6 is 0 Å². The molecule has 2 aliphatic carbocycles. The van der Waals surface area contributed by atoms with Crippen molar-refractivity contribution < 1.29 is 8.42 Å². The third kappa shape index (κ3) is 3.09. The van der Waals surface area contributed by atoms with Crippen LogP contribution in [-0.2, 0) is 10.0 Å². The first kappa shape index (κ1) is 13.8. The zero-order valence-electron chi connectivity index (χ0n) is 11.6. The third-order valence-electron chi connectivity index (χ3n) is 3.81. The number of sulfonamides is 1. The Morgan fingerprint density at radius 1 is 1.15 bits per heavy atom. The number of aromatic nitrogens is 2. The van der Waals surface area contributed by atoms with E-state index in [1.807, 2.05) is 0 Å². The summed E-state index contributed by atoms with van der Waals surface area (Å²) in [5.41, 5.74) is 0. The normalized spacial score (nSPS) is 19.3. The van der Waals surface area contributed by atoms with Crippen LogP contribution in [0.25, 0.3) is 0 Å². The molecule has 0 saturated heterocycles. The summed E-state index contributed by atoms with van der Waals surface area (Å²) in [6, 6.07) is 0. The molecule has 1 N–H and O–H groups in total. The van der Waals surface area contributed by atoms with Gasteiger partial charge in [0.1, 0.15) is 4.90 Å². The van der Waals surface area contributed by atoms with E-state index >= 15 is 0 Å². The molecule has 2 saturated carbocycles. The highest BCUT2D eigenvalue weighted by Gasteiger charge is 2.35. The van der Waals surface area contributed by atoms with Crippen LogP contribution in [0.3, 0.4) is 0 Å². The summed E-state index contributed by atoms with van der Waals surface area (Å²) in [4.78, 5) is 8.21. The lowest BCUT2D eigenvalue weighted by atomic mass is 10.4. The maximum Gasteiger partial charge on any atom is 0.246 e. The number of anilines is 1. The molecule has 3 rings (SSSR count). The van der Waals surface area contributed by atoms with Crippen molar-refractivity contribution >= 4 is 16.0 Å². The highest BCUT2D eigenvalue weighted by molar-refractivity contribution is 7.89. The minimum atomic E-state index is -3.46. The van der Waals surface area contributed by atoms with Gasteiger partial charge < -0.3 is 5.32 Å². The van der Waals surface area contributed by atoms with E-state index in [0.29, 0.717) is 30.9 Å². The van der Waals surface area contributed by atoms with Crippen molar-refractivity contribution in [3.63, 3.8) is 0 Å². The fourth-order valence-corrected chi connectivity index (χ4v) is 3.66. The second-order valence-electron chi connectivity index (χ2n) is 5.70. The summed E-state index contributed by atoms with van der Waals surface area (Å²) >= 11 is 0. The summed E-state index contributed by atoms with van der Waals surface area (Å²) in [6.07, 6.45) is 7.36. The van der Waals surface area contributed by atoms with Gasteiger partial charge in [-0.15, -0.1) is 0 Å². The van der Waals surface area contributed by atoms with E-state index in [2.05, 4.69) is 15.3 Å². The van der Waals surface area contributed by atoms with Crippen molar-refractivity contribution in [1.29, 1.82) is 0 Å². The maximum absolute atomic E-state index is 12.7. The van der Waals surface area contributed by atoms with Crippen LogP contribution in [0, 0.1) is 11.8 Å².